The average Bonchev–Trinajstić information content (AvgIpc) is 2.56. The molecule has 0 fully saturated rings. The van der Waals surface area contributed by atoms with E-state index < -0.39 is 21.6 Å². The molecule has 0 amide bonds. The molecule has 0 aliphatic carbocycles. The van der Waals surface area contributed by atoms with Gasteiger partial charge in [-0.05, 0) is 44.5 Å². The Morgan fingerprint density at radius 3 is 2.41 bits per heavy atom. The highest BCUT2D eigenvalue weighted by Gasteiger charge is 2.29. The van der Waals surface area contributed by atoms with E-state index in [9.17, 15) is 21.6 Å². The highest BCUT2D eigenvalue weighted by molar-refractivity contribution is 7.90. The number of aliphatic imine (C=N–C) groups is 1. The minimum absolute atomic E-state index is 0.0777. The van der Waals surface area contributed by atoms with Crippen molar-refractivity contribution in [2.75, 3.05) is 25.1 Å². The smallest absolute Gasteiger partial charge is 0.357 e. The Labute approximate surface area is 158 Å². The summed E-state index contributed by atoms with van der Waals surface area (Å²) >= 11 is 0. The van der Waals surface area contributed by atoms with Gasteiger partial charge in [0.15, 0.2) is 5.96 Å². The van der Waals surface area contributed by atoms with E-state index in [2.05, 4.69) is 27.5 Å². The molecule has 0 radical (unpaired) electrons. The number of alkyl halides is 3. The van der Waals surface area contributed by atoms with Crippen LogP contribution >= 0.6 is 0 Å². The number of nitrogens with zero attached hydrogens (tertiary/aromatic N) is 1. The Bertz CT molecular complexity index is 792. The molecule has 0 bridgehead atoms. The van der Waals surface area contributed by atoms with Gasteiger partial charge in [-0.25, -0.2) is 13.4 Å². The summed E-state index contributed by atoms with van der Waals surface area (Å²) in [5.41, 5.74) is -0.245. The standard InChI is InChI=1S/C18H24F3N3O2S/c1-4-22-17(24-14(2)11-13-27(3,25)26)23-12-5-6-15-7-9-16(10-8-15)18(19,20)21/h7-10,14H,4,11-13H2,1-3H3,(H2,22,23,24). The molecule has 2 N–H and O–H groups in total. The van der Waals surface area contributed by atoms with Gasteiger partial charge in [0, 0.05) is 24.4 Å². The van der Waals surface area contributed by atoms with Gasteiger partial charge in [-0.1, -0.05) is 11.8 Å². The van der Waals surface area contributed by atoms with Crippen molar-refractivity contribution in [2.45, 2.75) is 32.5 Å². The maximum absolute atomic E-state index is 12.5. The van der Waals surface area contributed by atoms with Crippen molar-refractivity contribution in [1.82, 2.24) is 10.6 Å². The summed E-state index contributed by atoms with van der Waals surface area (Å²) in [7, 11) is -3.02. The topological polar surface area (TPSA) is 70.6 Å². The molecule has 0 saturated carbocycles. The second-order valence-corrected chi connectivity index (χ2v) is 8.30. The number of hydrogen-bond acceptors (Lipinski definition) is 3. The van der Waals surface area contributed by atoms with Crippen molar-refractivity contribution in [3.63, 3.8) is 0 Å². The Balaban J connectivity index is 2.65. The predicted octanol–water partition coefficient (Wildman–Crippen LogP) is 2.44. The molecule has 9 heteroatoms. The largest absolute Gasteiger partial charge is 0.416 e. The fourth-order valence-corrected chi connectivity index (χ4v) is 2.80. The van der Waals surface area contributed by atoms with E-state index in [0.29, 0.717) is 24.5 Å². The van der Waals surface area contributed by atoms with E-state index in [1.54, 1.807) is 0 Å². The second kappa shape index (κ2) is 10.2. The normalized spacial score (nSPS) is 13.5. The number of hydrogen-bond donors (Lipinski definition) is 2. The number of rotatable bonds is 6. The number of sulfone groups is 1. The fourth-order valence-electron chi connectivity index (χ4n) is 2.02. The highest BCUT2D eigenvalue weighted by Crippen LogP contribution is 2.28. The van der Waals surface area contributed by atoms with Crippen molar-refractivity contribution in [2.24, 2.45) is 4.99 Å². The third-order valence-electron chi connectivity index (χ3n) is 3.41. The van der Waals surface area contributed by atoms with Gasteiger partial charge in [0.05, 0.1) is 11.3 Å². The van der Waals surface area contributed by atoms with Crippen LogP contribution in [0, 0.1) is 11.8 Å². The van der Waals surface area contributed by atoms with Crippen LogP contribution in [-0.2, 0) is 16.0 Å². The molecular weight excluding hydrogens is 379 g/mol. The molecule has 5 nitrogen and oxygen atoms in total. The molecule has 1 atom stereocenters. The maximum Gasteiger partial charge on any atom is 0.416 e. The van der Waals surface area contributed by atoms with Crippen LogP contribution < -0.4 is 10.6 Å². The molecule has 1 aromatic carbocycles. The first kappa shape index (κ1) is 22.8. The average molecular weight is 403 g/mol. The Morgan fingerprint density at radius 1 is 1.26 bits per heavy atom. The molecule has 0 aliphatic heterocycles. The molecular formula is C18H24F3N3O2S. The summed E-state index contributed by atoms with van der Waals surface area (Å²) in [6, 6.07) is 4.51. The van der Waals surface area contributed by atoms with E-state index in [1.165, 1.54) is 18.4 Å². The molecule has 0 saturated heterocycles. The summed E-state index contributed by atoms with van der Waals surface area (Å²) in [4.78, 5) is 4.26. The van der Waals surface area contributed by atoms with Gasteiger partial charge in [0.25, 0.3) is 0 Å². The van der Waals surface area contributed by atoms with Gasteiger partial charge >= 0.3 is 6.18 Å². The summed E-state index contributed by atoms with van der Waals surface area (Å²) in [5, 5.41) is 6.12. The molecule has 1 aromatic rings. The highest BCUT2D eigenvalue weighted by atomic mass is 32.2. The van der Waals surface area contributed by atoms with Crippen molar-refractivity contribution in [1.29, 1.82) is 0 Å². The lowest BCUT2D eigenvalue weighted by molar-refractivity contribution is -0.137. The monoisotopic (exact) mass is 403 g/mol. The minimum atomic E-state index is -4.36. The van der Waals surface area contributed by atoms with Gasteiger partial charge in [-0.2, -0.15) is 13.2 Å². The zero-order valence-electron chi connectivity index (χ0n) is 15.5. The SMILES string of the molecule is CCNC(=NCC#Cc1ccc(C(F)(F)F)cc1)NC(C)CCS(C)(=O)=O. The van der Waals surface area contributed by atoms with Crippen LogP contribution in [0.5, 0.6) is 0 Å². The zero-order chi connectivity index (χ0) is 20.5. The quantitative estimate of drug-likeness (QED) is 0.435. The molecule has 1 unspecified atom stereocenters. The third-order valence-corrected chi connectivity index (χ3v) is 4.39. The van der Waals surface area contributed by atoms with E-state index in [1.807, 2.05) is 13.8 Å². The second-order valence-electron chi connectivity index (χ2n) is 6.04. The lowest BCUT2D eigenvalue weighted by Crippen LogP contribution is -2.42. The van der Waals surface area contributed by atoms with Crippen molar-refractivity contribution in [3.05, 3.63) is 35.4 Å². The first-order valence-corrected chi connectivity index (χ1v) is 10.5. The predicted molar refractivity (Wildman–Crippen MR) is 101 cm³/mol. The van der Waals surface area contributed by atoms with E-state index in [0.717, 1.165) is 12.1 Å². The number of nitrogens with one attached hydrogen (secondary N) is 2. The molecule has 0 aliphatic rings. The number of halogens is 3. The summed E-state index contributed by atoms with van der Waals surface area (Å²) in [6.45, 7) is 4.52. The van der Waals surface area contributed by atoms with Crippen LogP contribution in [0.4, 0.5) is 13.2 Å². The molecule has 0 aromatic heterocycles. The van der Waals surface area contributed by atoms with Crippen LogP contribution in [0.2, 0.25) is 0 Å². The molecule has 27 heavy (non-hydrogen) atoms. The van der Waals surface area contributed by atoms with Crippen molar-refractivity contribution in [3.8, 4) is 11.8 Å². The van der Waals surface area contributed by atoms with Gasteiger partial charge < -0.3 is 10.6 Å². The zero-order valence-corrected chi connectivity index (χ0v) is 16.3. The van der Waals surface area contributed by atoms with Crippen LogP contribution in [0.3, 0.4) is 0 Å². The van der Waals surface area contributed by atoms with E-state index >= 15 is 0 Å². The van der Waals surface area contributed by atoms with E-state index in [4.69, 9.17) is 0 Å². The fraction of sp³-hybridized carbons (Fsp3) is 0.500. The summed E-state index contributed by atoms with van der Waals surface area (Å²) in [6.07, 6.45) is -2.73. The van der Waals surface area contributed by atoms with Crippen LogP contribution in [0.1, 0.15) is 31.4 Å². The Hall–Kier alpha value is -2.21. The minimum Gasteiger partial charge on any atom is -0.357 e. The molecule has 1 rings (SSSR count). The van der Waals surface area contributed by atoms with E-state index in [-0.39, 0.29) is 18.3 Å². The lowest BCUT2D eigenvalue weighted by atomic mass is 10.1. The van der Waals surface area contributed by atoms with Gasteiger partial charge in [-0.3, -0.25) is 0 Å². The lowest BCUT2D eigenvalue weighted by Gasteiger charge is -2.17. The summed E-state index contributed by atoms with van der Waals surface area (Å²) < 4.78 is 60.0. The Morgan fingerprint density at radius 2 is 1.89 bits per heavy atom. The first-order valence-electron chi connectivity index (χ1n) is 8.40. The molecule has 0 spiro atoms. The number of guanidine groups is 1. The molecule has 150 valence electrons. The van der Waals surface area contributed by atoms with Gasteiger partial charge in [0.1, 0.15) is 16.4 Å². The third kappa shape index (κ3) is 9.89. The van der Waals surface area contributed by atoms with Gasteiger partial charge in [-0.15, -0.1) is 0 Å². The van der Waals surface area contributed by atoms with Crippen LogP contribution in [-0.4, -0.2) is 45.5 Å². The van der Waals surface area contributed by atoms with Gasteiger partial charge in [0.2, 0.25) is 0 Å². The molecule has 0 heterocycles. The van der Waals surface area contributed by atoms with Crippen LogP contribution in [0.15, 0.2) is 29.3 Å². The number of benzene rings is 1. The Kier molecular flexibility index (Phi) is 8.63. The van der Waals surface area contributed by atoms with Crippen molar-refractivity contribution < 1.29 is 21.6 Å². The summed E-state index contributed by atoms with van der Waals surface area (Å²) in [5.74, 6) is 6.12. The maximum atomic E-state index is 12.5. The first-order chi connectivity index (χ1) is 12.5. The van der Waals surface area contributed by atoms with Crippen LogP contribution in [0.25, 0.3) is 0 Å². The van der Waals surface area contributed by atoms with Crippen molar-refractivity contribution >= 4 is 15.8 Å².